The van der Waals surface area contributed by atoms with Crippen molar-refractivity contribution in [3.63, 3.8) is 0 Å². The maximum Gasteiger partial charge on any atom is 0.251 e. The molecule has 0 spiro atoms. The number of amides is 1. The highest BCUT2D eigenvalue weighted by atomic mass is 16.1. The van der Waals surface area contributed by atoms with E-state index in [0.29, 0.717) is 17.9 Å². The van der Waals surface area contributed by atoms with Crippen LogP contribution in [0.1, 0.15) is 43.5 Å². The minimum Gasteiger partial charge on any atom is -0.372 e. The standard InChI is InChI=1S/C21H28N4O/c1-3-11-23-21(26)17-8-12-22-20(15-17)24-18-4-6-19(7-5-18)25-13-9-16(2)10-14-25/h4-8,12,15-16H,3,9-11,13-14H2,1-2H3,(H,22,24)(H,23,26). The van der Waals surface area contributed by atoms with Gasteiger partial charge in [-0.1, -0.05) is 13.8 Å². The van der Waals surface area contributed by atoms with E-state index in [-0.39, 0.29) is 5.91 Å². The smallest absolute Gasteiger partial charge is 0.251 e. The van der Waals surface area contributed by atoms with Crippen LogP contribution in [0.2, 0.25) is 0 Å². The van der Waals surface area contributed by atoms with Gasteiger partial charge in [0.05, 0.1) is 0 Å². The monoisotopic (exact) mass is 352 g/mol. The molecule has 1 aliphatic rings. The van der Waals surface area contributed by atoms with Crippen LogP contribution in [0.25, 0.3) is 0 Å². The molecule has 2 N–H and O–H groups in total. The Morgan fingerprint density at radius 3 is 2.62 bits per heavy atom. The number of hydrogen-bond acceptors (Lipinski definition) is 4. The van der Waals surface area contributed by atoms with Crippen LogP contribution >= 0.6 is 0 Å². The van der Waals surface area contributed by atoms with Gasteiger partial charge in [-0.05, 0) is 61.6 Å². The highest BCUT2D eigenvalue weighted by Crippen LogP contribution is 2.25. The molecule has 0 aliphatic carbocycles. The van der Waals surface area contributed by atoms with E-state index < -0.39 is 0 Å². The Labute approximate surface area is 155 Å². The van der Waals surface area contributed by atoms with Gasteiger partial charge >= 0.3 is 0 Å². The van der Waals surface area contributed by atoms with Gasteiger partial charge in [-0.2, -0.15) is 0 Å². The van der Waals surface area contributed by atoms with Gasteiger partial charge in [0.25, 0.3) is 5.91 Å². The number of anilines is 3. The summed E-state index contributed by atoms with van der Waals surface area (Å²) in [6.07, 6.45) is 5.10. The molecule has 3 rings (SSSR count). The third-order valence-corrected chi connectivity index (χ3v) is 4.85. The fourth-order valence-corrected chi connectivity index (χ4v) is 3.15. The predicted molar refractivity (Wildman–Crippen MR) is 107 cm³/mol. The lowest BCUT2D eigenvalue weighted by atomic mass is 9.99. The fraction of sp³-hybridized carbons (Fsp3) is 0.429. The molecule has 1 aromatic carbocycles. The van der Waals surface area contributed by atoms with E-state index in [1.54, 1.807) is 18.3 Å². The summed E-state index contributed by atoms with van der Waals surface area (Å²) < 4.78 is 0. The highest BCUT2D eigenvalue weighted by Gasteiger charge is 2.15. The third kappa shape index (κ3) is 4.75. The second-order valence-corrected chi connectivity index (χ2v) is 7.03. The second-order valence-electron chi connectivity index (χ2n) is 7.03. The molecule has 0 atom stereocenters. The molecule has 0 unspecified atom stereocenters. The lowest BCUT2D eigenvalue weighted by molar-refractivity contribution is 0.0953. The minimum atomic E-state index is -0.0630. The number of piperidine rings is 1. The average molecular weight is 352 g/mol. The van der Waals surface area contributed by atoms with E-state index >= 15 is 0 Å². The first-order valence-electron chi connectivity index (χ1n) is 9.52. The van der Waals surface area contributed by atoms with Gasteiger partial charge in [0.15, 0.2) is 0 Å². The summed E-state index contributed by atoms with van der Waals surface area (Å²) >= 11 is 0. The van der Waals surface area contributed by atoms with Gasteiger partial charge < -0.3 is 15.5 Å². The Morgan fingerprint density at radius 1 is 1.19 bits per heavy atom. The topological polar surface area (TPSA) is 57.3 Å². The number of pyridine rings is 1. The summed E-state index contributed by atoms with van der Waals surface area (Å²) in [5.41, 5.74) is 2.86. The lowest BCUT2D eigenvalue weighted by Gasteiger charge is -2.32. The number of rotatable bonds is 6. The molecule has 5 heteroatoms. The Kier molecular flexibility index (Phi) is 6.10. The first-order chi connectivity index (χ1) is 12.7. The van der Waals surface area contributed by atoms with Crippen molar-refractivity contribution in [2.45, 2.75) is 33.1 Å². The number of aromatic nitrogens is 1. The summed E-state index contributed by atoms with van der Waals surface area (Å²) in [7, 11) is 0. The largest absolute Gasteiger partial charge is 0.372 e. The number of carbonyl (C=O) groups is 1. The molecule has 0 saturated carbocycles. The molecule has 138 valence electrons. The molecule has 1 amide bonds. The molecule has 0 radical (unpaired) electrons. The summed E-state index contributed by atoms with van der Waals surface area (Å²) in [5.74, 6) is 1.45. The predicted octanol–water partition coefficient (Wildman–Crippen LogP) is 4.20. The molecule has 1 fully saturated rings. The van der Waals surface area contributed by atoms with Crippen molar-refractivity contribution in [1.29, 1.82) is 0 Å². The second kappa shape index (κ2) is 8.70. The highest BCUT2D eigenvalue weighted by molar-refractivity contribution is 5.94. The summed E-state index contributed by atoms with van der Waals surface area (Å²) in [6, 6.07) is 11.9. The first-order valence-corrected chi connectivity index (χ1v) is 9.52. The van der Waals surface area contributed by atoms with Crippen molar-refractivity contribution in [3.8, 4) is 0 Å². The zero-order valence-corrected chi connectivity index (χ0v) is 15.7. The van der Waals surface area contributed by atoms with Gasteiger partial charge in [0.2, 0.25) is 0 Å². The Balaban J connectivity index is 1.63. The first kappa shape index (κ1) is 18.2. The summed E-state index contributed by atoms with van der Waals surface area (Å²) in [4.78, 5) is 18.8. The number of nitrogens with zero attached hydrogens (tertiary/aromatic N) is 2. The van der Waals surface area contributed by atoms with Crippen molar-refractivity contribution in [2.75, 3.05) is 29.9 Å². The van der Waals surface area contributed by atoms with Gasteiger partial charge in [-0.3, -0.25) is 4.79 Å². The van der Waals surface area contributed by atoms with Crippen LogP contribution in [0.3, 0.4) is 0 Å². The van der Waals surface area contributed by atoms with Crippen LogP contribution in [-0.2, 0) is 0 Å². The molecule has 0 bridgehead atoms. The number of benzene rings is 1. The van der Waals surface area contributed by atoms with Crippen molar-refractivity contribution in [1.82, 2.24) is 10.3 Å². The molecular formula is C21H28N4O. The van der Waals surface area contributed by atoms with Crippen LogP contribution in [0.15, 0.2) is 42.6 Å². The van der Waals surface area contributed by atoms with E-state index in [9.17, 15) is 4.79 Å². The van der Waals surface area contributed by atoms with E-state index in [2.05, 4.69) is 51.7 Å². The molecule has 1 aliphatic heterocycles. The lowest BCUT2D eigenvalue weighted by Crippen LogP contribution is -2.32. The maximum absolute atomic E-state index is 12.1. The molecule has 2 aromatic rings. The molecule has 2 heterocycles. The van der Waals surface area contributed by atoms with Crippen molar-refractivity contribution < 1.29 is 4.79 Å². The molecular weight excluding hydrogens is 324 g/mol. The van der Waals surface area contributed by atoms with E-state index in [0.717, 1.165) is 31.1 Å². The van der Waals surface area contributed by atoms with Crippen molar-refractivity contribution >= 4 is 23.1 Å². The zero-order chi connectivity index (χ0) is 18.4. The quantitative estimate of drug-likeness (QED) is 0.818. The molecule has 26 heavy (non-hydrogen) atoms. The maximum atomic E-state index is 12.1. The Hall–Kier alpha value is -2.56. The minimum absolute atomic E-state index is 0.0630. The Morgan fingerprint density at radius 2 is 1.92 bits per heavy atom. The molecule has 1 aromatic heterocycles. The van der Waals surface area contributed by atoms with Crippen molar-refractivity contribution in [3.05, 3.63) is 48.2 Å². The van der Waals surface area contributed by atoms with Crippen LogP contribution in [0, 0.1) is 5.92 Å². The fourth-order valence-electron chi connectivity index (χ4n) is 3.15. The molecule has 1 saturated heterocycles. The van der Waals surface area contributed by atoms with Crippen molar-refractivity contribution in [2.24, 2.45) is 5.92 Å². The van der Waals surface area contributed by atoms with E-state index in [1.165, 1.54) is 18.5 Å². The van der Waals surface area contributed by atoms with E-state index in [1.807, 2.05) is 6.92 Å². The van der Waals surface area contributed by atoms with Gasteiger partial charge in [-0.25, -0.2) is 4.98 Å². The number of hydrogen-bond donors (Lipinski definition) is 2. The zero-order valence-electron chi connectivity index (χ0n) is 15.7. The van der Waals surface area contributed by atoms with Gasteiger partial charge in [0, 0.05) is 42.8 Å². The number of carbonyl (C=O) groups excluding carboxylic acids is 1. The Bertz CT molecular complexity index is 721. The van der Waals surface area contributed by atoms with E-state index in [4.69, 9.17) is 0 Å². The normalized spacial score (nSPS) is 14.9. The van der Waals surface area contributed by atoms with Crippen LogP contribution in [-0.4, -0.2) is 30.5 Å². The van der Waals surface area contributed by atoms with Crippen LogP contribution in [0.4, 0.5) is 17.2 Å². The summed E-state index contributed by atoms with van der Waals surface area (Å²) in [6.45, 7) is 7.30. The number of nitrogens with one attached hydrogen (secondary N) is 2. The SMILES string of the molecule is CCCNC(=O)c1ccnc(Nc2ccc(N3CCC(C)CC3)cc2)c1. The van der Waals surface area contributed by atoms with Crippen LogP contribution in [0.5, 0.6) is 0 Å². The van der Waals surface area contributed by atoms with Gasteiger partial charge in [-0.15, -0.1) is 0 Å². The third-order valence-electron chi connectivity index (χ3n) is 4.85. The van der Waals surface area contributed by atoms with Crippen LogP contribution < -0.4 is 15.5 Å². The summed E-state index contributed by atoms with van der Waals surface area (Å²) in [5, 5.41) is 6.17. The molecule has 5 nitrogen and oxygen atoms in total. The van der Waals surface area contributed by atoms with Gasteiger partial charge in [0.1, 0.15) is 5.82 Å². The average Bonchev–Trinajstić information content (AvgIpc) is 2.67.